The summed E-state index contributed by atoms with van der Waals surface area (Å²) in [7, 11) is 0. The molecule has 3 heterocycles. The van der Waals surface area contributed by atoms with Crippen LogP contribution in [0.2, 0.25) is 0 Å². The van der Waals surface area contributed by atoms with E-state index in [0.717, 1.165) is 38.8 Å². The van der Waals surface area contributed by atoms with Gasteiger partial charge in [0.1, 0.15) is 5.04 Å². The highest BCUT2D eigenvalue weighted by atomic mass is 32.2. The molecule has 2 aromatic carbocycles. The Hall–Kier alpha value is -3.71. The first kappa shape index (κ1) is 22.1. The lowest BCUT2D eigenvalue weighted by Gasteiger charge is -2.20. The Morgan fingerprint density at radius 2 is 1.76 bits per heavy atom. The first-order valence-corrected chi connectivity index (χ1v) is 11.9. The number of nitrogens with one attached hydrogen (secondary N) is 1. The summed E-state index contributed by atoms with van der Waals surface area (Å²) >= 11 is 1.31. The van der Waals surface area contributed by atoms with E-state index in [1.54, 1.807) is 6.08 Å². The predicted octanol–water partition coefficient (Wildman–Crippen LogP) is 5.69. The van der Waals surface area contributed by atoms with Crippen molar-refractivity contribution in [3.63, 3.8) is 0 Å². The van der Waals surface area contributed by atoms with Crippen LogP contribution in [0.25, 0.3) is 11.8 Å². The lowest BCUT2D eigenvalue weighted by atomic mass is 10.1. The number of carbonyl (C=O) groups is 1. The SMILES string of the molecule is Cc1cccc(C2=NN3C(=N)/C(=C/c4cc(C)n(-c5ccc(C)c(C)c5)c4C)C(=O)N=C3S2)c1. The van der Waals surface area contributed by atoms with Gasteiger partial charge in [0, 0.05) is 22.6 Å². The normalized spacial score (nSPS) is 16.7. The molecule has 2 aliphatic heterocycles. The molecule has 0 atom stereocenters. The monoisotopic (exact) mass is 467 g/mol. The number of amidine groups is 2. The van der Waals surface area contributed by atoms with Gasteiger partial charge < -0.3 is 4.57 Å². The Bertz CT molecular complexity index is 1470. The quantitative estimate of drug-likeness (QED) is 0.503. The number of hydrazone groups is 1. The number of hydrogen-bond donors (Lipinski definition) is 1. The number of hydrogen-bond acceptors (Lipinski definition) is 4. The van der Waals surface area contributed by atoms with Crippen LogP contribution < -0.4 is 0 Å². The lowest BCUT2D eigenvalue weighted by Crippen LogP contribution is -2.35. The number of aryl methyl sites for hydroxylation is 4. The zero-order chi connectivity index (χ0) is 24.1. The Morgan fingerprint density at radius 3 is 2.50 bits per heavy atom. The maximum Gasteiger partial charge on any atom is 0.283 e. The van der Waals surface area contributed by atoms with Crippen LogP contribution in [0.4, 0.5) is 0 Å². The number of aromatic nitrogens is 1. The van der Waals surface area contributed by atoms with E-state index >= 15 is 0 Å². The summed E-state index contributed by atoms with van der Waals surface area (Å²) in [5.41, 5.74) is 8.81. The van der Waals surface area contributed by atoms with E-state index in [9.17, 15) is 4.79 Å². The molecule has 3 aromatic rings. The first-order chi connectivity index (χ1) is 16.2. The highest BCUT2D eigenvalue weighted by Crippen LogP contribution is 2.32. The summed E-state index contributed by atoms with van der Waals surface area (Å²) in [6.45, 7) is 10.3. The summed E-state index contributed by atoms with van der Waals surface area (Å²) in [6, 6.07) is 16.4. The van der Waals surface area contributed by atoms with Gasteiger partial charge >= 0.3 is 0 Å². The van der Waals surface area contributed by atoms with E-state index in [-0.39, 0.29) is 11.4 Å². The minimum absolute atomic E-state index is 0.0427. The largest absolute Gasteiger partial charge is 0.318 e. The summed E-state index contributed by atoms with van der Waals surface area (Å²) in [4.78, 5) is 17.2. The molecule has 7 heteroatoms. The molecule has 2 aliphatic rings. The lowest BCUT2D eigenvalue weighted by molar-refractivity contribution is -0.114. The average molecular weight is 468 g/mol. The van der Waals surface area contributed by atoms with Crippen LogP contribution in [0.15, 0.2) is 64.2 Å². The molecule has 0 aliphatic carbocycles. The molecule has 0 bridgehead atoms. The van der Waals surface area contributed by atoms with Crippen LogP contribution >= 0.6 is 11.8 Å². The fourth-order valence-corrected chi connectivity index (χ4v) is 5.13. The van der Waals surface area contributed by atoms with Gasteiger partial charge in [-0.2, -0.15) is 15.1 Å². The van der Waals surface area contributed by atoms with Crippen LogP contribution in [0, 0.1) is 40.0 Å². The van der Waals surface area contributed by atoms with Crippen molar-refractivity contribution in [2.45, 2.75) is 34.6 Å². The van der Waals surface area contributed by atoms with Gasteiger partial charge in [0.2, 0.25) is 5.17 Å². The number of aliphatic imine (C=N–C) groups is 1. The molecule has 170 valence electrons. The van der Waals surface area contributed by atoms with E-state index in [2.05, 4.69) is 46.7 Å². The van der Waals surface area contributed by atoms with Gasteiger partial charge in [-0.05, 0) is 93.4 Å². The van der Waals surface area contributed by atoms with Crippen molar-refractivity contribution in [3.8, 4) is 5.69 Å². The van der Waals surface area contributed by atoms with Crippen LogP contribution in [-0.2, 0) is 4.79 Å². The average Bonchev–Trinajstić information content (AvgIpc) is 3.34. The van der Waals surface area contributed by atoms with Crippen molar-refractivity contribution >= 4 is 39.8 Å². The van der Waals surface area contributed by atoms with Gasteiger partial charge in [-0.25, -0.2) is 0 Å². The highest BCUT2D eigenvalue weighted by molar-refractivity contribution is 8.27. The Labute approximate surface area is 203 Å². The summed E-state index contributed by atoms with van der Waals surface area (Å²) < 4.78 is 2.17. The third-order valence-electron chi connectivity index (χ3n) is 6.24. The molecule has 0 fully saturated rings. The van der Waals surface area contributed by atoms with E-state index in [1.807, 2.05) is 51.1 Å². The Kier molecular flexibility index (Phi) is 5.37. The zero-order valence-corrected chi connectivity index (χ0v) is 20.6. The van der Waals surface area contributed by atoms with Crippen LogP contribution in [0.5, 0.6) is 0 Å². The summed E-state index contributed by atoms with van der Waals surface area (Å²) in [6.07, 6.45) is 1.76. The minimum Gasteiger partial charge on any atom is -0.318 e. The van der Waals surface area contributed by atoms with Crippen molar-refractivity contribution in [3.05, 3.63) is 93.3 Å². The molecule has 0 radical (unpaired) electrons. The second kappa shape index (κ2) is 8.25. The van der Waals surface area contributed by atoms with Crippen molar-refractivity contribution in [1.82, 2.24) is 9.58 Å². The molecular weight excluding hydrogens is 442 g/mol. The first-order valence-electron chi connectivity index (χ1n) is 11.1. The Morgan fingerprint density at radius 1 is 0.971 bits per heavy atom. The maximum atomic E-state index is 12.9. The third-order valence-corrected chi connectivity index (χ3v) is 7.20. The van der Waals surface area contributed by atoms with Crippen LogP contribution in [0.3, 0.4) is 0 Å². The molecule has 0 unspecified atom stereocenters. The molecule has 0 saturated carbocycles. The molecule has 5 rings (SSSR count). The van der Waals surface area contributed by atoms with Crippen molar-refractivity contribution < 1.29 is 4.79 Å². The highest BCUT2D eigenvalue weighted by Gasteiger charge is 2.36. The molecular formula is C27H25N5OS. The summed E-state index contributed by atoms with van der Waals surface area (Å²) in [5, 5.41) is 15.9. The number of rotatable bonds is 3. The summed E-state index contributed by atoms with van der Waals surface area (Å²) in [5.74, 6) is -0.374. The molecule has 0 saturated heterocycles. The van der Waals surface area contributed by atoms with Crippen LogP contribution in [-0.4, -0.2) is 31.5 Å². The van der Waals surface area contributed by atoms with E-state index in [1.165, 1.54) is 27.9 Å². The van der Waals surface area contributed by atoms with E-state index in [0.29, 0.717) is 5.17 Å². The fraction of sp³-hybridized carbons (Fsp3) is 0.185. The number of fused-ring (bicyclic) bond motifs is 1. The van der Waals surface area contributed by atoms with E-state index in [4.69, 9.17) is 5.41 Å². The fourth-order valence-electron chi connectivity index (χ4n) is 4.24. The van der Waals surface area contributed by atoms with Gasteiger partial charge in [0.05, 0.1) is 5.57 Å². The zero-order valence-electron chi connectivity index (χ0n) is 19.8. The number of benzene rings is 2. The molecule has 6 nitrogen and oxygen atoms in total. The molecule has 1 N–H and O–H groups in total. The number of nitrogens with zero attached hydrogens (tertiary/aromatic N) is 4. The van der Waals surface area contributed by atoms with Crippen molar-refractivity contribution in [2.75, 3.05) is 0 Å². The number of amides is 1. The second-order valence-electron chi connectivity index (χ2n) is 8.73. The third kappa shape index (κ3) is 3.72. The molecule has 1 amide bonds. The second-order valence-corrected chi connectivity index (χ2v) is 9.68. The molecule has 1 aromatic heterocycles. The Balaban J connectivity index is 1.51. The van der Waals surface area contributed by atoms with Crippen molar-refractivity contribution in [2.24, 2.45) is 10.1 Å². The topological polar surface area (TPSA) is 73.8 Å². The number of thioether (sulfide) groups is 1. The predicted molar refractivity (Wildman–Crippen MR) is 140 cm³/mol. The maximum absolute atomic E-state index is 12.9. The minimum atomic E-state index is -0.416. The van der Waals surface area contributed by atoms with Crippen molar-refractivity contribution in [1.29, 1.82) is 5.41 Å². The standard InChI is InChI=1S/C27H25N5OS/c1-15-7-6-8-20(11-15)26-30-32-24(28)23(25(33)29-27(32)34-26)14-21-13-18(4)31(19(21)5)22-10-9-16(2)17(3)12-22/h6-14,28H,1-5H3/b23-14-,28-24?. The van der Waals surface area contributed by atoms with Gasteiger partial charge in [0.15, 0.2) is 5.84 Å². The van der Waals surface area contributed by atoms with Gasteiger partial charge in [-0.15, -0.1) is 0 Å². The molecule has 34 heavy (non-hydrogen) atoms. The van der Waals surface area contributed by atoms with Gasteiger partial charge in [-0.3, -0.25) is 10.2 Å². The molecule has 0 spiro atoms. The van der Waals surface area contributed by atoms with Gasteiger partial charge in [-0.1, -0.05) is 29.8 Å². The van der Waals surface area contributed by atoms with E-state index < -0.39 is 5.91 Å². The van der Waals surface area contributed by atoms with Crippen LogP contribution in [0.1, 0.15) is 39.2 Å². The smallest absolute Gasteiger partial charge is 0.283 e. The van der Waals surface area contributed by atoms with Gasteiger partial charge in [0.25, 0.3) is 5.91 Å². The number of carbonyl (C=O) groups excluding carboxylic acids is 1.